The van der Waals surface area contributed by atoms with Crippen LogP contribution in [0.5, 0.6) is 0 Å². The number of hydrogen-bond donors (Lipinski definition) is 1. The molecular weight excluding hydrogens is 250 g/mol. The van der Waals surface area contributed by atoms with Gasteiger partial charge < -0.3 is 5.32 Å². The molecular formula is C12H25N3O2S. The monoisotopic (exact) mass is 275 g/mol. The van der Waals surface area contributed by atoms with Crippen molar-refractivity contribution < 1.29 is 8.42 Å². The lowest BCUT2D eigenvalue weighted by atomic mass is 9.94. The molecule has 3 atom stereocenters. The normalized spacial score (nSPS) is 36.7. The Morgan fingerprint density at radius 3 is 2.28 bits per heavy atom. The molecule has 0 aliphatic carbocycles. The van der Waals surface area contributed by atoms with Gasteiger partial charge >= 0.3 is 0 Å². The van der Waals surface area contributed by atoms with Gasteiger partial charge in [-0.3, -0.25) is 0 Å². The van der Waals surface area contributed by atoms with Crippen molar-refractivity contribution in [3.05, 3.63) is 0 Å². The fourth-order valence-corrected chi connectivity index (χ4v) is 5.14. The highest BCUT2D eigenvalue weighted by molar-refractivity contribution is 7.86. The molecule has 0 spiro atoms. The number of nitrogens with zero attached hydrogens (tertiary/aromatic N) is 2. The fourth-order valence-electron chi connectivity index (χ4n) is 3.11. The highest BCUT2D eigenvalue weighted by Crippen LogP contribution is 2.25. The van der Waals surface area contributed by atoms with E-state index in [1.165, 1.54) is 0 Å². The van der Waals surface area contributed by atoms with Gasteiger partial charge in [0, 0.05) is 38.8 Å². The number of hydrogen-bond acceptors (Lipinski definition) is 3. The maximum atomic E-state index is 12.7. The molecule has 5 nitrogen and oxygen atoms in total. The molecule has 0 aromatic heterocycles. The van der Waals surface area contributed by atoms with Gasteiger partial charge in [0.05, 0.1) is 0 Å². The Hall–Kier alpha value is -0.170. The minimum absolute atomic E-state index is 0.0521. The van der Waals surface area contributed by atoms with E-state index in [2.05, 4.69) is 19.2 Å². The van der Waals surface area contributed by atoms with Crippen molar-refractivity contribution in [3.8, 4) is 0 Å². The molecule has 1 N–H and O–H groups in total. The molecule has 2 aliphatic heterocycles. The standard InChI is InChI=1S/C12H25N3O2S/c1-10-6-11(2)9-14(8-10)18(16,17)15-5-4-13-7-12(15)3/h10-13H,4-9H2,1-3H3/t10-,11-,12-/m1/s1. The van der Waals surface area contributed by atoms with Gasteiger partial charge in [-0.25, -0.2) is 0 Å². The lowest BCUT2D eigenvalue weighted by Gasteiger charge is -2.40. The van der Waals surface area contributed by atoms with Crippen LogP contribution in [-0.2, 0) is 10.2 Å². The number of piperidine rings is 1. The van der Waals surface area contributed by atoms with E-state index in [0.717, 1.165) is 19.5 Å². The van der Waals surface area contributed by atoms with Gasteiger partial charge in [0.2, 0.25) is 0 Å². The molecule has 2 aliphatic rings. The summed E-state index contributed by atoms with van der Waals surface area (Å²) in [5, 5.41) is 3.23. The second kappa shape index (κ2) is 5.45. The number of nitrogens with one attached hydrogen (secondary N) is 1. The maximum Gasteiger partial charge on any atom is 0.282 e. The van der Waals surface area contributed by atoms with Crippen LogP contribution in [0, 0.1) is 11.8 Å². The van der Waals surface area contributed by atoms with Crippen LogP contribution in [0.4, 0.5) is 0 Å². The Labute approximate surface area is 111 Å². The zero-order valence-corrected chi connectivity index (χ0v) is 12.4. The molecule has 18 heavy (non-hydrogen) atoms. The zero-order chi connectivity index (χ0) is 13.3. The molecule has 6 heteroatoms. The highest BCUT2D eigenvalue weighted by atomic mass is 32.2. The van der Waals surface area contributed by atoms with Crippen molar-refractivity contribution in [1.82, 2.24) is 13.9 Å². The van der Waals surface area contributed by atoms with Gasteiger partial charge in [-0.2, -0.15) is 17.0 Å². The molecule has 0 aromatic carbocycles. The Bertz CT molecular complexity index is 375. The van der Waals surface area contributed by atoms with Crippen molar-refractivity contribution in [3.63, 3.8) is 0 Å². The third-order valence-electron chi connectivity index (χ3n) is 3.90. The van der Waals surface area contributed by atoms with Crippen LogP contribution in [0.2, 0.25) is 0 Å². The van der Waals surface area contributed by atoms with Crippen LogP contribution >= 0.6 is 0 Å². The summed E-state index contributed by atoms with van der Waals surface area (Å²) in [5.41, 5.74) is 0. The Morgan fingerprint density at radius 2 is 1.72 bits per heavy atom. The van der Waals surface area contributed by atoms with Crippen LogP contribution < -0.4 is 5.32 Å². The lowest BCUT2D eigenvalue weighted by Crippen LogP contribution is -2.58. The molecule has 2 rings (SSSR count). The Balaban J connectivity index is 2.14. The van der Waals surface area contributed by atoms with Gasteiger partial charge in [-0.1, -0.05) is 13.8 Å². The van der Waals surface area contributed by atoms with Crippen LogP contribution in [0.3, 0.4) is 0 Å². The molecule has 106 valence electrons. The van der Waals surface area contributed by atoms with Crippen molar-refractivity contribution in [1.29, 1.82) is 0 Å². The quantitative estimate of drug-likeness (QED) is 0.798. The van der Waals surface area contributed by atoms with Gasteiger partial charge in [0.25, 0.3) is 10.2 Å². The SMILES string of the molecule is C[C@@H]1C[C@@H](C)CN(S(=O)(=O)N2CCNC[C@H]2C)C1. The first-order valence-corrected chi connectivity index (χ1v) is 8.28. The van der Waals surface area contributed by atoms with E-state index >= 15 is 0 Å². The smallest absolute Gasteiger partial charge is 0.282 e. The largest absolute Gasteiger partial charge is 0.314 e. The van der Waals surface area contributed by atoms with Gasteiger partial charge in [-0.15, -0.1) is 0 Å². The first-order chi connectivity index (χ1) is 8.41. The second-order valence-corrected chi connectivity index (χ2v) is 7.82. The van der Waals surface area contributed by atoms with Crippen molar-refractivity contribution >= 4 is 10.2 Å². The number of rotatable bonds is 2. The fraction of sp³-hybridized carbons (Fsp3) is 1.00. The van der Waals surface area contributed by atoms with Crippen LogP contribution in [0.1, 0.15) is 27.2 Å². The summed E-state index contributed by atoms with van der Waals surface area (Å²) in [6, 6.07) is 0.0521. The van der Waals surface area contributed by atoms with E-state index in [-0.39, 0.29) is 6.04 Å². The zero-order valence-electron chi connectivity index (χ0n) is 11.6. The summed E-state index contributed by atoms with van der Waals surface area (Å²) in [6.45, 7) is 9.68. The summed E-state index contributed by atoms with van der Waals surface area (Å²) in [7, 11) is -3.27. The van der Waals surface area contributed by atoms with E-state index in [0.29, 0.717) is 31.5 Å². The predicted octanol–water partition coefficient (Wildman–Crippen LogP) is 0.503. The predicted molar refractivity (Wildman–Crippen MR) is 72.5 cm³/mol. The lowest BCUT2D eigenvalue weighted by molar-refractivity contribution is 0.194. The molecule has 0 radical (unpaired) electrons. The summed E-state index contributed by atoms with van der Waals surface area (Å²) < 4.78 is 28.7. The topological polar surface area (TPSA) is 52.7 Å². The minimum Gasteiger partial charge on any atom is -0.314 e. The Morgan fingerprint density at radius 1 is 1.11 bits per heavy atom. The van der Waals surface area contributed by atoms with E-state index in [9.17, 15) is 8.42 Å². The van der Waals surface area contributed by atoms with Gasteiger partial charge in [0.15, 0.2) is 0 Å². The van der Waals surface area contributed by atoms with E-state index < -0.39 is 10.2 Å². The molecule has 2 fully saturated rings. The van der Waals surface area contributed by atoms with E-state index in [1.807, 2.05) is 6.92 Å². The van der Waals surface area contributed by atoms with Crippen LogP contribution in [0.15, 0.2) is 0 Å². The molecule has 0 saturated carbocycles. The summed E-state index contributed by atoms with van der Waals surface area (Å²) in [5.74, 6) is 0.920. The van der Waals surface area contributed by atoms with Crippen molar-refractivity contribution in [2.75, 3.05) is 32.7 Å². The van der Waals surface area contributed by atoms with Gasteiger partial charge in [0.1, 0.15) is 0 Å². The first kappa shape index (κ1) is 14.2. The summed E-state index contributed by atoms with van der Waals surface area (Å²) in [6.07, 6.45) is 1.13. The molecule has 0 bridgehead atoms. The third-order valence-corrected chi connectivity index (χ3v) is 5.98. The molecule has 0 amide bonds. The molecule has 2 heterocycles. The Kier molecular flexibility index (Phi) is 4.31. The highest BCUT2D eigenvalue weighted by Gasteiger charge is 2.37. The van der Waals surface area contributed by atoms with E-state index in [4.69, 9.17) is 0 Å². The first-order valence-electron chi connectivity index (χ1n) is 6.89. The molecule has 0 unspecified atom stereocenters. The van der Waals surface area contributed by atoms with Crippen LogP contribution in [-0.4, -0.2) is 55.8 Å². The average molecular weight is 275 g/mol. The second-order valence-electron chi connectivity index (χ2n) is 5.93. The van der Waals surface area contributed by atoms with Gasteiger partial charge in [-0.05, 0) is 25.2 Å². The molecule has 0 aromatic rings. The van der Waals surface area contributed by atoms with Crippen molar-refractivity contribution in [2.24, 2.45) is 11.8 Å². The summed E-state index contributed by atoms with van der Waals surface area (Å²) in [4.78, 5) is 0. The minimum atomic E-state index is -3.27. The van der Waals surface area contributed by atoms with E-state index in [1.54, 1.807) is 8.61 Å². The maximum absolute atomic E-state index is 12.7. The number of piperazine rings is 1. The van der Waals surface area contributed by atoms with Crippen LogP contribution in [0.25, 0.3) is 0 Å². The molecule has 2 saturated heterocycles. The summed E-state index contributed by atoms with van der Waals surface area (Å²) >= 11 is 0. The average Bonchev–Trinajstić information content (AvgIpc) is 2.28. The third kappa shape index (κ3) is 2.87. The van der Waals surface area contributed by atoms with Crippen molar-refractivity contribution in [2.45, 2.75) is 33.2 Å².